The monoisotopic (exact) mass is 342 g/mol. The second-order valence-electron chi connectivity index (χ2n) is 4.33. The van der Waals surface area contributed by atoms with Gasteiger partial charge in [0, 0.05) is 21.4 Å². The van der Waals surface area contributed by atoms with E-state index in [1.807, 2.05) is 24.3 Å². The van der Waals surface area contributed by atoms with Gasteiger partial charge < -0.3 is 5.73 Å². The molecule has 2 aromatic carbocycles. The first-order valence-electron chi connectivity index (χ1n) is 6.12. The van der Waals surface area contributed by atoms with Crippen LogP contribution in [0.3, 0.4) is 0 Å². The van der Waals surface area contributed by atoms with Crippen LogP contribution in [0.15, 0.2) is 52.3 Å². The summed E-state index contributed by atoms with van der Waals surface area (Å²) in [5, 5.41) is 0.676. The first-order chi connectivity index (χ1) is 9.92. The fraction of sp³-hybridized carbons (Fsp3) is 0.143. The van der Waals surface area contributed by atoms with E-state index >= 15 is 0 Å². The number of rotatable bonds is 5. The van der Waals surface area contributed by atoms with E-state index in [0.717, 1.165) is 5.56 Å². The highest BCUT2D eigenvalue weighted by atomic mass is 35.5. The van der Waals surface area contributed by atoms with E-state index in [2.05, 4.69) is 4.72 Å². The van der Waals surface area contributed by atoms with Crippen molar-refractivity contribution in [1.29, 1.82) is 0 Å². The molecule has 112 valence electrons. The Labute approximate surface area is 133 Å². The van der Waals surface area contributed by atoms with Gasteiger partial charge in [0.2, 0.25) is 10.0 Å². The summed E-state index contributed by atoms with van der Waals surface area (Å²) in [5.41, 5.74) is 7.17. The van der Waals surface area contributed by atoms with Crippen LogP contribution in [0, 0.1) is 0 Å². The zero-order valence-electron chi connectivity index (χ0n) is 11.3. The Kier molecular flexibility index (Phi) is 5.16. The highest BCUT2D eigenvalue weighted by Crippen LogP contribution is 2.31. The Morgan fingerprint density at radius 3 is 2.48 bits per heavy atom. The Morgan fingerprint density at radius 1 is 1.19 bits per heavy atom. The van der Waals surface area contributed by atoms with Crippen LogP contribution in [0.2, 0.25) is 5.02 Å². The van der Waals surface area contributed by atoms with Crippen molar-refractivity contribution in [2.75, 3.05) is 12.8 Å². The lowest BCUT2D eigenvalue weighted by atomic mass is 10.2. The van der Waals surface area contributed by atoms with Crippen molar-refractivity contribution in [3.8, 4) is 0 Å². The quantitative estimate of drug-likeness (QED) is 0.647. The van der Waals surface area contributed by atoms with E-state index in [4.69, 9.17) is 17.3 Å². The van der Waals surface area contributed by atoms with Crippen LogP contribution in [-0.2, 0) is 15.8 Å². The molecule has 0 aliphatic carbocycles. The van der Waals surface area contributed by atoms with Crippen molar-refractivity contribution >= 4 is 39.1 Å². The number of benzene rings is 2. The summed E-state index contributed by atoms with van der Waals surface area (Å²) in [6, 6.07) is 12.3. The minimum absolute atomic E-state index is 0.198. The van der Waals surface area contributed by atoms with Gasteiger partial charge in [0.15, 0.2) is 0 Å². The number of halogens is 1. The van der Waals surface area contributed by atoms with E-state index in [1.54, 1.807) is 12.1 Å². The summed E-state index contributed by atoms with van der Waals surface area (Å²) in [5.74, 6) is 0.646. The van der Waals surface area contributed by atoms with Gasteiger partial charge in [-0.2, -0.15) is 0 Å². The third-order valence-corrected chi connectivity index (χ3v) is 5.81. The molecule has 0 amide bonds. The summed E-state index contributed by atoms with van der Waals surface area (Å²) in [6.07, 6.45) is 0. The van der Waals surface area contributed by atoms with Gasteiger partial charge in [0.1, 0.15) is 0 Å². The molecule has 0 saturated heterocycles. The number of anilines is 1. The van der Waals surface area contributed by atoms with Gasteiger partial charge in [-0.05, 0) is 42.9 Å². The number of nitrogens with two attached hydrogens (primary N) is 1. The minimum Gasteiger partial charge on any atom is -0.399 e. The predicted octanol–water partition coefficient (Wildman–Crippen LogP) is 3.12. The lowest BCUT2D eigenvalue weighted by molar-refractivity contribution is 0.586. The number of hydrogen-bond acceptors (Lipinski definition) is 4. The van der Waals surface area contributed by atoms with Gasteiger partial charge in [-0.1, -0.05) is 23.7 Å². The SMILES string of the molecule is CNS(=O)(=O)c1cc(N)ccc1SCc1ccc(Cl)cc1. The zero-order chi connectivity index (χ0) is 15.5. The van der Waals surface area contributed by atoms with E-state index in [-0.39, 0.29) is 4.90 Å². The highest BCUT2D eigenvalue weighted by molar-refractivity contribution is 7.99. The Bertz CT molecular complexity index is 731. The average Bonchev–Trinajstić information content (AvgIpc) is 2.47. The normalized spacial score (nSPS) is 11.5. The van der Waals surface area contributed by atoms with E-state index in [9.17, 15) is 8.42 Å². The van der Waals surface area contributed by atoms with Crippen LogP contribution in [0.1, 0.15) is 5.56 Å². The standard InChI is InChI=1S/C14H15ClN2O2S2/c1-17-21(18,19)14-8-12(16)6-7-13(14)20-9-10-2-4-11(15)5-3-10/h2-8,17H,9,16H2,1H3. The van der Waals surface area contributed by atoms with E-state index in [1.165, 1.54) is 24.9 Å². The Morgan fingerprint density at radius 2 is 1.86 bits per heavy atom. The Balaban J connectivity index is 2.26. The zero-order valence-corrected chi connectivity index (χ0v) is 13.7. The number of thioether (sulfide) groups is 1. The van der Waals surface area contributed by atoms with Crippen molar-refractivity contribution in [2.45, 2.75) is 15.5 Å². The molecule has 7 heteroatoms. The van der Waals surface area contributed by atoms with E-state index in [0.29, 0.717) is 21.4 Å². The first-order valence-corrected chi connectivity index (χ1v) is 8.97. The number of nitrogens with one attached hydrogen (secondary N) is 1. The van der Waals surface area contributed by atoms with Gasteiger partial charge in [-0.25, -0.2) is 13.1 Å². The van der Waals surface area contributed by atoms with Crippen LogP contribution in [0.25, 0.3) is 0 Å². The van der Waals surface area contributed by atoms with Gasteiger partial charge in [-0.15, -0.1) is 11.8 Å². The second-order valence-corrected chi connectivity index (χ2v) is 7.64. The number of sulfonamides is 1. The maximum Gasteiger partial charge on any atom is 0.241 e. The molecule has 2 aromatic rings. The molecule has 0 saturated carbocycles. The summed E-state index contributed by atoms with van der Waals surface area (Å²) in [7, 11) is -2.15. The summed E-state index contributed by atoms with van der Waals surface area (Å²) < 4.78 is 26.4. The molecule has 0 aromatic heterocycles. The van der Waals surface area contributed by atoms with Crippen LogP contribution in [0.5, 0.6) is 0 Å². The maximum absolute atomic E-state index is 12.0. The molecule has 0 aliphatic heterocycles. The maximum atomic E-state index is 12.0. The van der Waals surface area contributed by atoms with Gasteiger partial charge in [-0.3, -0.25) is 0 Å². The van der Waals surface area contributed by atoms with Gasteiger partial charge >= 0.3 is 0 Å². The van der Waals surface area contributed by atoms with Crippen molar-refractivity contribution in [1.82, 2.24) is 4.72 Å². The smallest absolute Gasteiger partial charge is 0.241 e. The van der Waals surface area contributed by atoms with Crippen molar-refractivity contribution in [3.63, 3.8) is 0 Å². The molecule has 0 atom stereocenters. The van der Waals surface area contributed by atoms with Gasteiger partial charge in [0.25, 0.3) is 0 Å². The fourth-order valence-corrected chi connectivity index (χ4v) is 4.06. The lowest BCUT2D eigenvalue weighted by Crippen LogP contribution is -2.19. The molecular weight excluding hydrogens is 328 g/mol. The number of nitrogen functional groups attached to an aromatic ring is 1. The van der Waals surface area contributed by atoms with Crippen molar-refractivity contribution < 1.29 is 8.42 Å². The van der Waals surface area contributed by atoms with Gasteiger partial charge in [0.05, 0.1) is 4.90 Å². The summed E-state index contributed by atoms with van der Waals surface area (Å²) >= 11 is 7.28. The van der Waals surface area contributed by atoms with E-state index < -0.39 is 10.0 Å². The van der Waals surface area contributed by atoms with Crippen LogP contribution >= 0.6 is 23.4 Å². The molecule has 0 heterocycles. The topological polar surface area (TPSA) is 72.2 Å². The molecule has 0 unspecified atom stereocenters. The molecule has 21 heavy (non-hydrogen) atoms. The predicted molar refractivity (Wildman–Crippen MR) is 88.1 cm³/mol. The molecule has 3 N–H and O–H groups in total. The molecule has 0 aliphatic rings. The largest absolute Gasteiger partial charge is 0.399 e. The highest BCUT2D eigenvalue weighted by Gasteiger charge is 2.17. The third-order valence-electron chi connectivity index (χ3n) is 2.83. The van der Waals surface area contributed by atoms with Crippen molar-refractivity contribution in [2.24, 2.45) is 0 Å². The van der Waals surface area contributed by atoms with Crippen LogP contribution in [0.4, 0.5) is 5.69 Å². The Hall–Kier alpha value is -1.21. The van der Waals surface area contributed by atoms with Crippen LogP contribution in [-0.4, -0.2) is 15.5 Å². The molecule has 0 fully saturated rings. The van der Waals surface area contributed by atoms with Crippen LogP contribution < -0.4 is 10.5 Å². The van der Waals surface area contributed by atoms with Crippen molar-refractivity contribution in [3.05, 3.63) is 53.1 Å². The third kappa shape index (κ3) is 4.14. The molecule has 2 rings (SSSR count). The second kappa shape index (κ2) is 6.70. The molecule has 4 nitrogen and oxygen atoms in total. The molecule has 0 bridgehead atoms. The fourth-order valence-electron chi connectivity index (χ4n) is 1.71. The molecule has 0 radical (unpaired) electrons. The first kappa shape index (κ1) is 16.2. The number of hydrogen-bond donors (Lipinski definition) is 2. The summed E-state index contributed by atoms with van der Waals surface area (Å²) in [4.78, 5) is 0.859. The molecule has 0 spiro atoms. The molecular formula is C14H15ClN2O2S2. The lowest BCUT2D eigenvalue weighted by Gasteiger charge is -2.10. The summed E-state index contributed by atoms with van der Waals surface area (Å²) in [6.45, 7) is 0. The minimum atomic E-state index is -3.53. The average molecular weight is 343 g/mol.